The minimum Gasteiger partial charge on any atom is -0.455 e. The minimum atomic E-state index is -0.121. The van der Waals surface area contributed by atoms with Crippen molar-refractivity contribution in [1.29, 1.82) is 0 Å². The Balaban J connectivity index is 1.15. The smallest absolute Gasteiger partial charge is 0.252 e. The summed E-state index contributed by atoms with van der Waals surface area (Å²) in [5, 5.41) is 2.18. The minimum absolute atomic E-state index is 0.00175. The van der Waals surface area contributed by atoms with Crippen LogP contribution >= 0.6 is 0 Å². The molecule has 0 unspecified atom stereocenters. The molecule has 0 saturated heterocycles. The molecule has 0 spiro atoms. The average Bonchev–Trinajstić information content (AvgIpc) is 3.97. The van der Waals surface area contributed by atoms with Gasteiger partial charge in [0, 0.05) is 73.1 Å². The fourth-order valence-corrected chi connectivity index (χ4v) is 11.7. The Morgan fingerprint density at radius 3 is 1.13 bits per heavy atom. The molecule has 2 aliphatic rings. The van der Waals surface area contributed by atoms with Gasteiger partial charge in [0.25, 0.3) is 6.71 Å². The summed E-state index contributed by atoms with van der Waals surface area (Å²) in [6.45, 7) is 27.3. The predicted molar refractivity (Wildman–Crippen MR) is 331 cm³/mol. The summed E-state index contributed by atoms with van der Waals surface area (Å²) >= 11 is 0. The van der Waals surface area contributed by atoms with Gasteiger partial charge in [-0.2, -0.15) is 0 Å². The maximum absolute atomic E-state index is 7.16. The van der Waals surface area contributed by atoms with Gasteiger partial charge in [-0.3, -0.25) is 0 Å². The highest BCUT2D eigenvalue weighted by Gasteiger charge is 2.44. The molecule has 0 bridgehead atoms. The van der Waals surface area contributed by atoms with Crippen molar-refractivity contribution in [2.45, 2.75) is 105 Å². The van der Waals surface area contributed by atoms with Crippen LogP contribution in [-0.2, 0) is 21.7 Å². The predicted octanol–water partition coefficient (Wildman–Crippen LogP) is 18.5. The zero-order valence-corrected chi connectivity index (χ0v) is 47.0. The summed E-state index contributed by atoms with van der Waals surface area (Å²) in [7, 11) is 0. The molecular formula is C72H70BN3O. The molecule has 10 aromatic rings. The van der Waals surface area contributed by atoms with Gasteiger partial charge in [0.1, 0.15) is 11.5 Å². The second kappa shape index (κ2) is 18.3. The molecule has 0 radical (unpaired) electrons. The Bertz CT molecular complexity index is 3750. The van der Waals surface area contributed by atoms with Gasteiger partial charge in [-0.05, 0) is 139 Å². The van der Waals surface area contributed by atoms with Crippen LogP contribution in [-0.4, -0.2) is 6.71 Å². The molecule has 0 atom stereocenters. The summed E-state index contributed by atoms with van der Waals surface area (Å²) in [6.07, 6.45) is 0. The van der Waals surface area contributed by atoms with Gasteiger partial charge >= 0.3 is 0 Å². The topological polar surface area (TPSA) is 22.9 Å². The normalized spacial score (nSPS) is 13.4. The monoisotopic (exact) mass is 1000 g/mol. The fourth-order valence-electron chi connectivity index (χ4n) is 11.7. The first-order valence-electron chi connectivity index (χ1n) is 27.5. The van der Waals surface area contributed by atoms with Crippen LogP contribution in [0.15, 0.2) is 211 Å². The number of fused-ring (bicyclic) bond motifs is 5. The number of hydrogen-bond donors (Lipinski definition) is 0. The van der Waals surface area contributed by atoms with Crippen LogP contribution in [0.3, 0.4) is 0 Å². The number of furan rings is 1. The summed E-state index contributed by atoms with van der Waals surface area (Å²) in [5.74, 6) is 1.74. The van der Waals surface area contributed by atoms with E-state index in [1.54, 1.807) is 0 Å². The van der Waals surface area contributed by atoms with E-state index in [2.05, 4.69) is 304 Å². The summed E-state index contributed by atoms with van der Waals surface area (Å²) < 4.78 is 7.16. The van der Waals surface area contributed by atoms with Gasteiger partial charge < -0.3 is 19.1 Å². The Hall–Kier alpha value is -8.02. The highest BCUT2D eigenvalue weighted by atomic mass is 16.3. The van der Waals surface area contributed by atoms with Crippen molar-refractivity contribution >= 4 is 85.1 Å². The van der Waals surface area contributed by atoms with E-state index in [4.69, 9.17) is 4.42 Å². The molecule has 4 nitrogen and oxygen atoms in total. The van der Waals surface area contributed by atoms with Crippen LogP contribution < -0.4 is 31.1 Å². The highest BCUT2D eigenvalue weighted by molar-refractivity contribution is 7.00. The second-order valence-corrected chi connectivity index (χ2v) is 25.5. The maximum Gasteiger partial charge on any atom is 0.252 e. The summed E-state index contributed by atoms with van der Waals surface area (Å²) in [5.41, 5.74) is 21.3. The van der Waals surface area contributed by atoms with Crippen molar-refractivity contribution in [3.63, 3.8) is 0 Å². The Morgan fingerprint density at radius 2 is 0.714 bits per heavy atom. The second-order valence-electron chi connectivity index (χ2n) is 25.5. The van der Waals surface area contributed by atoms with E-state index in [0.29, 0.717) is 0 Å². The molecule has 3 heterocycles. The van der Waals surface area contributed by atoms with E-state index in [9.17, 15) is 0 Å². The third kappa shape index (κ3) is 8.84. The highest BCUT2D eigenvalue weighted by Crippen LogP contribution is 2.49. The largest absolute Gasteiger partial charge is 0.455 e. The SMILES string of the molecule is CC(C)(C)c1ccc(N(c2ccc(C(C)(C)C)cc2)c2ccc3c(c2)N(c2ccc(C(C)(C)C)cc2)c2cccc4c2B3c2cc3c(-c5ccccc5)oc(-c5ccccc5)c3cc2N4c2ccc(C(C)(C)C)cc2)cc1. The lowest BCUT2D eigenvalue weighted by Gasteiger charge is -2.44. The van der Waals surface area contributed by atoms with Crippen LogP contribution in [0.1, 0.15) is 105 Å². The first-order valence-corrected chi connectivity index (χ1v) is 27.5. The van der Waals surface area contributed by atoms with Crippen LogP contribution in [0.25, 0.3) is 33.4 Å². The van der Waals surface area contributed by atoms with Gasteiger partial charge in [0.05, 0.1) is 0 Å². The van der Waals surface area contributed by atoms with E-state index in [1.165, 1.54) is 50.0 Å². The molecule has 0 aliphatic carbocycles. The molecule has 1 aromatic heterocycles. The standard InChI is InChI=1S/C72H70BN3O/c1-69(2,3)49-26-34-53(35-27-49)74(54-36-28-50(29-37-54)70(4,5)6)57-42-43-60-64(44-57)75(55-38-30-51(31-39-55)71(7,8)9)62-24-19-25-63-66(62)73(60)61-45-58-59(46-65(61)76(63)56-40-32-52(33-41-56)72(10,11)12)68(48-22-17-14-18-23-48)77-67(58)47-20-15-13-16-21-47/h13-46H,1-12H3. The lowest BCUT2D eigenvalue weighted by atomic mass is 9.33. The van der Waals surface area contributed by atoms with Gasteiger partial charge in [0.2, 0.25) is 0 Å². The first-order chi connectivity index (χ1) is 36.7. The number of rotatable bonds is 7. The summed E-state index contributed by atoms with van der Waals surface area (Å²) in [4.78, 5) is 7.50. The van der Waals surface area contributed by atoms with Crippen LogP contribution in [0, 0.1) is 0 Å². The molecule has 0 saturated carbocycles. The zero-order chi connectivity index (χ0) is 53.8. The Morgan fingerprint density at radius 1 is 0.338 bits per heavy atom. The third-order valence-corrected chi connectivity index (χ3v) is 16.1. The first kappa shape index (κ1) is 49.8. The molecule has 77 heavy (non-hydrogen) atoms. The molecule has 12 rings (SSSR count). The molecule has 0 N–H and O–H groups in total. The van der Waals surface area contributed by atoms with E-state index in [-0.39, 0.29) is 28.4 Å². The lowest BCUT2D eigenvalue weighted by molar-refractivity contribution is 0.590. The zero-order valence-electron chi connectivity index (χ0n) is 47.0. The number of anilines is 9. The third-order valence-electron chi connectivity index (χ3n) is 16.1. The van der Waals surface area contributed by atoms with Gasteiger partial charge in [0.15, 0.2) is 0 Å². The summed E-state index contributed by atoms with van der Waals surface area (Å²) in [6, 6.07) is 77.3. The van der Waals surface area contributed by atoms with E-state index >= 15 is 0 Å². The Kier molecular flexibility index (Phi) is 11.9. The molecule has 0 fully saturated rings. The van der Waals surface area contributed by atoms with Crippen molar-refractivity contribution in [3.8, 4) is 22.6 Å². The van der Waals surface area contributed by atoms with Gasteiger partial charge in [-0.25, -0.2) is 0 Å². The van der Waals surface area contributed by atoms with Gasteiger partial charge in [-0.1, -0.05) is 210 Å². The van der Waals surface area contributed by atoms with Crippen LogP contribution in [0.4, 0.5) is 51.2 Å². The van der Waals surface area contributed by atoms with Crippen molar-refractivity contribution in [2.75, 3.05) is 14.7 Å². The van der Waals surface area contributed by atoms with Crippen molar-refractivity contribution in [3.05, 3.63) is 229 Å². The molecule has 382 valence electrons. The quantitative estimate of drug-likeness (QED) is 0.148. The molecule has 2 aliphatic heterocycles. The van der Waals surface area contributed by atoms with E-state index < -0.39 is 0 Å². The Labute approximate surface area is 457 Å². The van der Waals surface area contributed by atoms with Crippen LogP contribution in [0.2, 0.25) is 0 Å². The number of hydrogen-bond acceptors (Lipinski definition) is 4. The van der Waals surface area contributed by atoms with E-state index in [1.807, 2.05) is 0 Å². The van der Waals surface area contributed by atoms with Gasteiger partial charge in [-0.15, -0.1) is 0 Å². The number of benzene rings is 9. The molecule has 5 heteroatoms. The van der Waals surface area contributed by atoms with E-state index in [0.717, 1.165) is 73.2 Å². The average molecular weight is 1000 g/mol. The molecule has 9 aromatic carbocycles. The fraction of sp³-hybridized carbons (Fsp3) is 0.222. The van der Waals surface area contributed by atoms with Crippen LogP contribution in [0.5, 0.6) is 0 Å². The van der Waals surface area contributed by atoms with Crippen molar-refractivity contribution in [1.82, 2.24) is 0 Å². The van der Waals surface area contributed by atoms with Crippen molar-refractivity contribution < 1.29 is 4.42 Å². The molecular weight excluding hydrogens is 934 g/mol. The number of nitrogens with zero attached hydrogens (tertiary/aromatic N) is 3. The maximum atomic E-state index is 7.16. The molecule has 0 amide bonds. The van der Waals surface area contributed by atoms with Crippen molar-refractivity contribution in [2.24, 2.45) is 0 Å². The lowest BCUT2D eigenvalue weighted by Crippen LogP contribution is -2.61.